The second-order valence-electron chi connectivity index (χ2n) is 7.35. The zero-order valence-corrected chi connectivity index (χ0v) is 16.4. The van der Waals surface area contributed by atoms with Crippen LogP contribution in [0.15, 0.2) is 0 Å². The molecule has 0 heterocycles. The van der Waals surface area contributed by atoms with E-state index in [0.29, 0.717) is 5.92 Å². The maximum Gasteiger partial charge on any atom is 0.171 e. The molecule has 0 radical (unpaired) electrons. The molecular weight excluding hydrogens is 272 g/mol. The summed E-state index contributed by atoms with van der Waals surface area (Å²) in [6.45, 7) is 15.3. The van der Waals surface area contributed by atoms with E-state index in [4.69, 9.17) is 9.47 Å². The van der Waals surface area contributed by atoms with Gasteiger partial charge in [0.1, 0.15) is 0 Å². The molecule has 22 heavy (non-hydrogen) atoms. The zero-order chi connectivity index (χ0) is 17.0. The van der Waals surface area contributed by atoms with Gasteiger partial charge in [0.2, 0.25) is 0 Å². The fraction of sp³-hybridized carbons (Fsp3) is 1.00. The molecule has 0 saturated heterocycles. The van der Waals surface area contributed by atoms with Crippen LogP contribution in [0, 0.1) is 5.92 Å². The standard InChI is InChI=1S/C20H42O2/c1-8-10-11-12-13-14-15-19(7)20(16-9-2,21-17(3)4)22-18(5)6/h17-19H,8-16H2,1-7H3. The molecule has 134 valence electrons. The minimum Gasteiger partial charge on any atom is -0.347 e. The first kappa shape index (κ1) is 21.9. The number of rotatable bonds is 14. The van der Waals surface area contributed by atoms with E-state index in [1.165, 1.54) is 44.9 Å². The maximum absolute atomic E-state index is 6.32. The van der Waals surface area contributed by atoms with Gasteiger partial charge in [-0.1, -0.05) is 65.7 Å². The van der Waals surface area contributed by atoms with Crippen LogP contribution in [0.2, 0.25) is 0 Å². The first-order valence-electron chi connectivity index (χ1n) is 9.73. The highest BCUT2D eigenvalue weighted by atomic mass is 16.7. The van der Waals surface area contributed by atoms with Gasteiger partial charge in [-0.25, -0.2) is 0 Å². The molecule has 0 spiro atoms. The van der Waals surface area contributed by atoms with Gasteiger partial charge in [0.05, 0.1) is 12.2 Å². The van der Waals surface area contributed by atoms with Crippen LogP contribution in [-0.4, -0.2) is 18.0 Å². The van der Waals surface area contributed by atoms with Gasteiger partial charge in [-0.3, -0.25) is 0 Å². The number of ether oxygens (including phenoxy) is 2. The average Bonchev–Trinajstić information content (AvgIpc) is 2.41. The molecule has 0 aromatic heterocycles. The fourth-order valence-electron chi connectivity index (χ4n) is 3.22. The summed E-state index contributed by atoms with van der Waals surface area (Å²) >= 11 is 0. The van der Waals surface area contributed by atoms with Crippen molar-refractivity contribution in [1.29, 1.82) is 0 Å². The second kappa shape index (κ2) is 12.4. The van der Waals surface area contributed by atoms with Crippen molar-refractivity contribution < 1.29 is 9.47 Å². The van der Waals surface area contributed by atoms with E-state index in [2.05, 4.69) is 48.5 Å². The lowest BCUT2D eigenvalue weighted by molar-refractivity contribution is -0.297. The Balaban J connectivity index is 4.54. The van der Waals surface area contributed by atoms with Crippen LogP contribution in [0.3, 0.4) is 0 Å². The van der Waals surface area contributed by atoms with Crippen LogP contribution in [0.5, 0.6) is 0 Å². The fourth-order valence-corrected chi connectivity index (χ4v) is 3.22. The summed E-state index contributed by atoms with van der Waals surface area (Å²) in [5.74, 6) is 0.0453. The number of hydrogen-bond acceptors (Lipinski definition) is 2. The molecule has 1 atom stereocenters. The van der Waals surface area contributed by atoms with E-state index in [1.807, 2.05) is 0 Å². The molecule has 0 aliphatic carbocycles. The molecule has 2 nitrogen and oxygen atoms in total. The van der Waals surface area contributed by atoms with Crippen LogP contribution in [0.4, 0.5) is 0 Å². The van der Waals surface area contributed by atoms with Gasteiger partial charge in [0.15, 0.2) is 5.79 Å². The van der Waals surface area contributed by atoms with Crippen LogP contribution in [-0.2, 0) is 9.47 Å². The summed E-state index contributed by atoms with van der Waals surface area (Å²) in [7, 11) is 0. The summed E-state index contributed by atoms with van der Waals surface area (Å²) in [5, 5.41) is 0. The second-order valence-corrected chi connectivity index (χ2v) is 7.35. The average molecular weight is 315 g/mol. The molecule has 0 aromatic carbocycles. The van der Waals surface area contributed by atoms with Gasteiger partial charge in [-0.2, -0.15) is 0 Å². The normalized spacial score (nSPS) is 14.0. The molecule has 0 saturated carbocycles. The highest BCUT2D eigenvalue weighted by molar-refractivity contribution is 4.79. The Bertz CT molecular complexity index is 238. The van der Waals surface area contributed by atoms with E-state index in [9.17, 15) is 0 Å². The van der Waals surface area contributed by atoms with Gasteiger partial charge < -0.3 is 9.47 Å². The third-order valence-electron chi connectivity index (χ3n) is 4.21. The predicted molar refractivity (Wildman–Crippen MR) is 97.2 cm³/mol. The molecule has 0 fully saturated rings. The maximum atomic E-state index is 6.32. The lowest BCUT2D eigenvalue weighted by atomic mass is 9.90. The third kappa shape index (κ3) is 9.15. The van der Waals surface area contributed by atoms with Crippen molar-refractivity contribution in [3.8, 4) is 0 Å². The highest BCUT2D eigenvalue weighted by Crippen LogP contribution is 2.35. The highest BCUT2D eigenvalue weighted by Gasteiger charge is 2.39. The van der Waals surface area contributed by atoms with E-state index >= 15 is 0 Å². The Hall–Kier alpha value is -0.0800. The van der Waals surface area contributed by atoms with E-state index < -0.39 is 5.79 Å². The van der Waals surface area contributed by atoms with E-state index in [1.54, 1.807) is 0 Å². The minimum atomic E-state index is -0.402. The Kier molecular flexibility index (Phi) is 12.3. The van der Waals surface area contributed by atoms with Crippen molar-refractivity contribution in [2.45, 2.75) is 124 Å². The summed E-state index contributed by atoms with van der Waals surface area (Å²) in [4.78, 5) is 0. The van der Waals surface area contributed by atoms with Crippen LogP contribution in [0.25, 0.3) is 0 Å². The molecule has 1 unspecified atom stereocenters. The molecule has 0 amide bonds. The molecule has 2 heteroatoms. The molecule has 0 aromatic rings. The summed E-state index contributed by atoms with van der Waals surface area (Å²) in [6, 6.07) is 0. The van der Waals surface area contributed by atoms with Crippen molar-refractivity contribution in [2.24, 2.45) is 5.92 Å². The molecule has 0 aliphatic heterocycles. The van der Waals surface area contributed by atoms with Crippen molar-refractivity contribution in [2.75, 3.05) is 0 Å². The Morgan fingerprint density at radius 3 is 1.64 bits per heavy atom. The van der Waals surface area contributed by atoms with Crippen LogP contribution >= 0.6 is 0 Å². The van der Waals surface area contributed by atoms with Crippen molar-refractivity contribution in [3.63, 3.8) is 0 Å². The Morgan fingerprint density at radius 2 is 1.18 bits per heavy atom. The predicted octanol–water partition coefficient (Wildman–Crippen LogP) is 6.72. The monoisotopic (exact) mass is 314 g/mol. The summed E-state index contributed by atoms with van der Waals surface area (Å²) in [6.07, 6.45) is 11.8. The van der Waals surface area contributed by atoms with Crippen molar-refractivity contribution >= 4 is 0 Å². The largest absolute Gasteiger partial charge is 0.347 e. The van der Waals surface area contributed by atoms with E-state index in [0.717, 1.165) is 12.8 Å². The number of hydrogen-bond donors (Lipinski definition) is 0. The van der Waals surface area contributed by atoms with Crippen LogP contribution < -0.4 is 0 Å². The third-order valence-corrected chi connectivity index (χ3v) is 4.21. The molecular formula is C20H42O2. The zero-order valence-electron chi connectivity index (χ0n) is 16.4. The quantitative estimate of drug-likeness (QED) is 0.262. The van der Waals surface area contributed by atoms with Gasteiger partial charge in [-0.15, -0.1) is 0 Å². The Labute approximate surface area is 140 Å². The van der Waals surface area contributed by atoms with Gasteiger partial charge in [-0.05, 0) is 34.1 Å². The molecule has 0 bridgehead atoms. The lowest BCUT2D eigenvalue weighted by Crippen LogP contribution is -2.46. The number of unbranched alkanes of at least 4 members (excludes halogenated alkanes) is 5. The molecule has 0 aliphatic rings. The lowest BCUT2D eigenvalue weighted by Gasteiger charge is -2.41. The topological polar surface area (TPSA) is 18.5 Å². The minimum absolute atomic E-state index is 0.206. The molecule has 0 N–H and O–H groups in total. The first-order chi connectivity index (χ1) is 10.4. The molecule has 0 rings (SSSR count). The van der Waals surface area contributed by atoms with Crippen LogP contribution in [0.1, 0.15) is 106 Å². The smallest absolute Gasteiger partial charge is 0.171 e. The van der Waals surface area contributed by atoms with Crippen molar-refractivity contribution in [3.05, 3.63) is 0 Å². The summed E-state index contributed by atoms with van der Waals surface area (Å²) in [5.41, 5.74) is 0. The van der Waals surface area contributed by atoms with Gasteiger partial charge in [0, 0.05) is 12.3 Å². The SMILES string of the molecule is CCCCCCCCC(C)C(CCC)(OC(C)C)OC(C)C. The first-order valence-corrected chi connectivity index (χ1v) is 9.73. The van der Waals surface area contributed by atoms with E-state index in [-0.39, 0.29) is 12.2 Å². The Morgan fingerprint density at radius 1 is 0.682 bits per heavy atom. The van der Waals surface area contributed by atoms with Gasteiger partial charge in [0.25, 0.3) is 0 Å². The van der Waals surface area contributed by atoms with Crippen molar-refractivity contribution in [1.82, 2.24) is 0 Å². The summed E-state index contributed by atoms with van der Waals surface area (Å²) < 4.78 is 12.6. The van der Waals surface area contributed by atoms with Gasteiger partial charge >= 0.3 is 0 Å².